The SMILES string of the molecule is CC(C)c1ccc(C(C)N[C@H](C)CO)cc1. The first kappa shape index (κ1) is 13.2. The first-order valence-electron chi connectivity index (χ1n) is 6.01. The Balaban J connectivity index is 2.66. The Kier molecular flexibility index (Phi) is 4.97. The summed E-state index contributed by atoms with van der Waals surface area (Å²) < 4.78 is 0. The van der Waals surface area contributed by atoms with Gasteiger partial charge in [0, 0.05) is 12.1 Å². The van der Waals surface area contributed by atoms with E-state index in [0.717, 1.165) is 0 Å². The van der Waals surface area contributed by atoms with Gasteiger partial charge in [0.25, 0.3) is 0 Å². The van der Waals surface area contributed by atoms with E-state index in [1.807, 2.05) is 6.92 Å². The average molecular weight is 221 g/mol. The summed E-state index contributed by atoms with van der Waals surface area (Å²) in [6.45, 7) is 8.68. The van der Waals surface area contributed by atoms with E-state index in [0.29, 0.717) is 5.92 Å². The van der Waals surface area contributed by atoms with Crippen molar-refractivity contribution in [2.45, 2.75) is 45.7 Å². The van der Waals surface area contributed by atoms with E-state index >= 15 is 0 Å². The van der Waals surface area contributed by atoms with E-state index < -0.39 is 0 Å². The molecule has 0 bridgehead atoms. The van der Waals surface area contributed by atoms with Crippen molar-refractivity contribution in [3.05, 3.63) is 35.4 Å². The highest BCUT2D eigenvalue weighted by molar-refractivity contribution is 5.26. The van der Waals surface area contributed by atoms with Crippen molar-refractivity contribution in [2.24, 2.45) is 0 Å². The highest BCUT2D eigenvalue weighted by atomic mass is 16.3. The molecule has 2 heteroatoms. The molecule has 1 rings (SSSR count). The van der Waals surface area contributed by atoms with Gasteiger partial charge in [0.2, 0.25) is 0 Å². The Labute approximate surface area is 98.7 Å². The van der Waals surface area contributed by atoms with Crippen molar-refractivity contribution >= 4 is 0 Å². The zero-order valence-corrected chi connectivity index (χ0v) is 10.7. The Hall–Kier alpha value is -0.860. The van der Waals surface area contributed by atoms with E-state index in [9.17, 15) is 0 Å². The third kappa shape index (κ3) is 3.62. The molecule has 0 heterocycles. The van der Waals surface area contributed by atoms with Crippen molar-refractivity contribution in [3.63, 3.8) is 0 Å². The molecule has 0 radical (unpaired) electrons. The molecule has 0 saturated heterocycles. The van der Waals surface area contributed by atoms with E-state index in [-0.39, 0.29) is 18.7 Å². The van der Waals surface area contributed by atoms with Crippen LogP contribution in [0.4, 0.5) is 0 Å². The lowest BCUT2D eigenvalue weighted by Gasteiger charge is -2.19. The second kappa shape index (κ2) is 6.02. The molecular weight excluding hydrogens is 198 g/mol. The van der Waals surface area contributed by atoms with Crippen LogP contribution in [0.1, 0.15) is 50.8 Å². The minimum atomic E-state index is 0.139. The molecular formula is C14H23NO. The molecule has 2 nitrogen and oxygen atoms in total. The molecule has 0 aliphatic rings. The molecule has 16 heavy (non-hydrogen) atoms. The third-order valence-electron chi connectivity index (χ3n) is 2.91. The van der Waals surface area contributed by atoms with Crippen molar-refractivity contribution < 1.29 is 5.11 Å². The number of benzene rings is 1. The van der Waals surface area contributed by atoms with E-state index in [2.05, 4.69) is 50.4 Å². The number of hydrogen-bond acceptors (Lipinski definition) is 2. The van der Waals surface area contributed by atoms with E-state index in [4.69, 9.17) is 5.11 Å². The van der Waals surface area contributed by atoms with Gasteiger partial charge in [0.1, 0.15) is 0 Å². The summed E-state index contributed by atoms with van der Waals surface area (Å²) in [4.78, 5) is 0. The molecule has 0 spiro atoms. The molecule has 2 atom stereocenters. The maximum absolute atomic E-state index is 8.98. The second-order valence-electron chi connectivity index (χ2n) is 4.79. The first-order chi connectivity index (χ1) is 7.54. The average Bonchev–Trinajstić information content (AvgIpc) is 2.28. The van der Waals surface area contributed by atoms with Gasteiger partial charge < -0.3 is 10.4 Å². The van der Waals surface area contributed by atoms with Gasteiger partial charge in [-0.2, -0.15) is 0 Å². The second-order valence-corrected chi connectivity index (χ2v) is 4.79. The quantitative estimate of drug-likeness (QED) is 0.801. The fourth-order valence-corrected chi connectivity index (χ4v) is 1.75. The van der Waals surface area contributed by atoms with Crippen molar-refractivity contribution in [1.29, 1.82) is 0 Å². The predicted octanol–water partition coefficient (Wildman–Crippen LogP) is 2.84. The van der Waals surface area contributed by atoms with Crippen molar-refractivity contribution in [2.75, 3.05) is 6.61 Å². The lowest BCUT2D eigenvalue weighted by Crippen LogP contribution is -2.31. The van der Waals surface area contributed by atoms with Gasteiger partial charge in [0.05, 0.1) is 6.61 Å². The highest BCUT2D eigenvalue weighted by Gasteiger charge is 2.08. The van der Waals surface area contributed by atoms with E-state index in [1.54, 1.807) is 0 Å². The van der Waals surface area contributed by atoms with Crippen molar-refractivity contribution in [3.8, 4) is 0 Å². The lowest BCUT2D eigenvalue weighted by molar-refractivity contribution is 0.243. The molecule has 1 aromatic rings. The van der Waals surface area contributed by atoms with Crippen LogP contribution in [0.25, 0.3) is 0 Å². The molecule has 90 valence electrons. The lowest BCUT2D eigenvalue weighted by atomic mass is 9.99. The topological polar surface area (TPSA) is 32.3 Å². The number of hydrogen-bond donors (Lipinski definition) is 2. The van der Waals surface area contributed by atoms with Crippen molar-refractivity contribution in [1.82, 2.24) is 5.32 Å². The molecule has 1 unspecified atom stereocenters. The van der Waals surface area contributed by atoms with Crippen LogP contribution in [0, 0.1) is 0 Å². The van der Waals surface area contributed by atoms with Crippen LogP contribution in [-0.4, -0.2) is 17.8 Å². The summed E-state index contributed by atoms with van der Waals surface area (Å²) in [5.74, 6) is 0.577. The van der Waals surface area contributed by atoms with Gasteiger partial charge in [-0.05, 0) is 30.9 Å². The monoisotopic (exact) mass is 221 g/mol. The van der Waals surface area contributed by atoms with Gasteiger partial charge in [0.15, 0.2) is 0 Å². The first-order valence-corrected chi connectivity index (χ1v) is 6.01. The third-order valence-corrected chi connectivity index (χ3v) is 2.91. The zero-order valence-electron chi connectivity index (χ0n) is 10.7. The molecule has 0 aliphatic heterocycles. The Bertz CT molecular complexity index is 305. The number of aliphatic hydroxyl groups excluding tert-OH is 1. The standard InChI is InChI=1S/C14H23NO/c1-10(2)13-5-7-14(8-6-13)12(4)15-11(3)9-16/h5-8,10-12,15-16H,9H2,1-4H3/t11-,12?/m1/s1. The smallest absolute Gasteiger partial charge is 0.0582 e. The predicted molar refractivity (Wildman–Crippen MR) is 68.6 cm³/mol. The summed E-state index contributed by atoms with van der Waals surface area (Å²) in [5, 5.41) is 12.3. The maximum Gasteiger partial charge on any atom is 0.0582 e. The fraction of sp³-hybridized carbons (Fsp3) is 0.571. The minimum absolute atomic E-state index is 0.139. The van der Waals surface area contributed by atoms with Gasteiger partial charge in [-0.1, -0.05) is 38.1 Å². The normalized spacial score (nSPS) is 15.1. The molecule has 0 fully saturated rings. The zero-order chi connectivity index (χ0) is 12.1. The summed E-state index contributed by atoms with van der Waals surface area (Å²) in [6, 6.07) is 9.11. The van der Waals surface area contributed by atoms with Crippen LogP contribution >= 0.6 is 0 Å². The molecule has 0 aromatic heterocycles. The fourth-order valence-electron chi connectivity index (χ4n) is 1.75. The van der Waals surface area contributed by atoms with Crippen LogP contribution < -0.4 is 5.32 Å². The minimum Gasteiger partial charge on any atom is -0.395 e. The van der Waals surface area contributed by atoms with Crippen LogP contribution in [-0.2, 0) is 0 Å². The number of aliphatic hydroxyl groups is 1. The molecule has 1 aromatic carbocycles. The van der Waals surface area contributed by atoms with Gasteiger partial charge in [-0.25, -0.2) is 0 Å². The molecule has 0 aliphatic carbocycles. The number of rotatable bonds is 5. The Morgan fingerprint density at radius 3 is 1.94 bits per heavy atom. The largest absolute Gasteiger partial charge is 0.395 e. The van der Waals surface area contributed by atoms with E-state index in [1.165, 1.54) is 11.1 Å². The highest BCUT2D eigenvalue weighted by Crippen LogP contribution is 2.18. The van der Waals surface area contributed by atoms with Crippen LogP contribution in [0.15, 0.2) is 24.3 Å². The Morgan fingerprint density at radius 1 is 1.00 bits per heavy atom. The van der Waals surface area contributed by atoms with Gasteiger partial charge >= 0.3 is 0 Å². The maximum atomic E-state index is 8.98. The van der Waals surface area contributed by atoms with Gasteiger partial charge in [-0.15, -0.1) is 0 Å². The van der Waals surface area contributed by atoms with Crippen LogP contribution in [0.5, 0.6) is 0 Å². The summed E-state index contributed by atoms with van der Waals surface area (Å²) >= 11 is 0. The summed E-state index contributed by atoms with van der Waals surface area (Å²) in [6.07, 6.45) is 0. The van der Waals surface area contributed by atoms with Crippen LogP contribution in [0.2, 0.25) is 0 Å². The Morgan fingerprint density at radius 2 is 1.50 bits per heavy atom. The van der Waals surface area contributed by atoms with Crippen LogP contribution in [0.3, 0.4) is 0 Å². The van der Waals surface area contributed by atoms with Gasteiger partial charge in [-0.3, -0.25) is 0 Å². The molecule has 2 N–H and O–H groups in total. The summed E-state index contributed by atoms with van der Waals surface area (Å²) in [5.41, 5.74) is 2.64. The molecule has 0 saturated carbocycles. The molecule has 0 amide bonds. The number of nitrogens with one attached hydrogen (secondary N) is 1. The summed E-state index contributed by atoms with van der Waals surface area (Å²) in [7, 11) is 0.